The number of nitrogens with one attached hydrogen (secondary N) is 1. The number of aliphatic hydroxyl groups excluding tert-OH is 1. The Morgan fingerprint density at radius 2 is 2.26 bits per heavy atom. The predicted molar refractivity (Wildman–Crippen MR) is 70.9 cm³/mol. The van der Waals surface area contributed by atoms with Crippen LogP contribution in [-0.2, 0) is 4.74 Å². The topological polar surface area (TPSA) is 71.5 Å². The van der Waals surface area contributed by atoms with Crippen LogP contribution in [0.2, 0.25) is 0 Å². The van der Waals surface area contributed by atoms with E-state index in [1.54, 1.807) is 19.4 Å². The van der Waals surface area contributed by atoms with E-state index in [-0.39, 0.29) is 18.1 Å². The molecule has 1 aromatic heterocycles. The number of nitrogens with zero attached hydrogens (tertiary/aromatic N) is 1. The molecule has 5 nitrogen and oxygen atoms in total. The Kier molecular flexibility index (Phi) is 4.50. The van der Waals surface area contributed by atoms with Crippen LogP contribution < -0.4 is 5.32 Å². The summed E-state index contributed by atoms with van der Waals surface area (Å²) in [5, 5.41) is 13.0. The zero-order chi connectivity index (χ0) is 13.8. The minimum Gasteiger partial charge on any atom is -0.388 e. The van der Waals surface area contributed by atoms with E-state index >= 15 is 0 Å². The van der Waals surface area contributed by atoms with Crippen LogP contribution in [0.25, 0.3) is 0 Å². The number of hydrogen-bond donors (Lipinski definition) is 2. The SMILES string of the molecule is CO[C@@H]1CCC[C@@H](NC(=O)c2cncc(C)c2)[C@H]1O. The molecular formula is C14H20N2O3. The second-order valence-corrected chi connectivity index (χ2v) is 5.03. The lowest BCUT2D eigenvalue weighted by Gasteiger charge is -2.34. The third-order valence-corrected chi connectivity index (χ3v) is 3.55. The molecule has 1 amide bonds. The van der Waals surface area contributed by atoms with Crippen LogP contribution in [-0.4, -0.2) is 41.4 Å². The molecule has 1 heterocycles. The van der Waals surface area contributed by atoms with Gasteiger partial charge in [0.2, 0.25) is 0 Å². The molecule has 1 aliphatic rings. The number of carbonyl (C=O) groups excluding carboxylic acids is 1. The lowest BCUT2D eigenvalue weighted by Crippen LogP contribution is -2.51. The van der Waals surface area contributed by atoms with Crippen molar-refractivity contribution >= 4 is 5.91 Å². The molecule has 0 radical (unpaired) electrons. The van der Waals surface area contributed by atoms with Gasteiger partial charge in [-0.25, -0.2) is 0 Å². The summed E-state index contributed by atoms with van der Waals surface area (Å²) in [6.45, 7) is 1.89. The highest BCUT2D eigenvalue weighted by molar-refractivity contribution is 5.94. The summed E-state index contributed by atoms with van der Waals surface area (Å²) in [4.78, 5) is 16.1. The van der Waals surface area contributed by atoms with Gasteiger partial charge in [0.1, 0.15) is 6.10 Å². The molecule has 19 heavy (non-hydrogen) atoms. The van der Waals surface area contributed by atoms with Crippen molar-refractivity contribution in [1.29, 1.82) is 0 Å². The third kappa shape index (κ3) is 3.30. The number of ether oxygens (including phenoxy) is 1. The number of aromatic nitrogens is 1. The minimum absolute atomic E-state index is 0.197. The van der Waals surface area contributed by atoms with Crippen molar-refractivity contribution in [3.63, 3.8) is 0 Å². The Morgan fingerprint density at radius 3 is 2.95 bits per heavy atom. The number of pyridine rings is 1. The van der Waals surface area contributed by atoms with E-state index in [1.165, 1.54) is 6.20 Å². The molecule has 104 valence electrons. The lowest BCUT2D eigenvalue weighted by atomic mass is 9.89. The van der Waals surface area contributed by atoms with E-state index in [0.717, 1.165) is 24.8 Å². The molecule has 1 fully saturated rings. The number of carbonyl (C=O) groups is 1. The van der Waals surface area contributed by atoms with Crippen molar-refractivity contribution in [2.45, 2.75) is 44.4 Å². The maximum absolute atomic E-state index is 12.1. The van der Waals surface area contributed by atoms with E-state index in [4.69, 9.17) is 4.74 Å². The summed E-state index contributed by atoms with van der Waals surface area (Å²) in [5.41, 5.74) is 1.46. The predicted octanol–water partition coefficient (Wildman–Crippen LogP) is 1.05. The number of methoxy groups -OCH3 is 1. The van der Waals surface area contributed by atoms with Gasteiger partial charge < -0.3 is 15.2 Å². The Bertz CT molecular complexity index is 450. The highest BCUT2D eigenvalue weighted by Gasteiger charge is 2.32. The summed E-state index contributed by atoms with van der Waals surface area (Å²) in [6.07, 6.45) is 4.92. The number of aryl methyl sites for hydroxylation is 1. The average molecular weight is 264 g/mol. The van der Waals surface area contributed by atoms with Crippen LogP contribution in [0.5, 0.6) is 0 Å². The number of amides is 1. The van der Waals surface area contributed by atoms with Crippen LogP contribution in [0.1, 0.15) is 35.2 Å². The summed E-state index contributed by atoms with van der Waals surface area (Å²) in [7, 11) is 1.59. The van der Waals surface area contributed by atoms with Gasteiger partial charge in [-0.05, 0) is 37.8 Å². The first kappa shape index (κ1) is 14.0. The van der Waals surface area contributed by atoms with Crippen molar-refractivity contribution in [2.24, 2.45) is 0 Å². The fraction of sp³-hybridized carbons (Fsp3) is 0.571. The van der Waals surface area contributed by atoms with Crippen LogP contribution in [0.15, 0.2) is 18.5 Å². The van der Waals surface area contributed by atoms with Crippen molar-refractivity contribution in [3.8, 4) is 0 Å². The van der Waals surface area contributed by atoms with E-state index in [2.05, 4.69) is 10.3 Å². The van der Waals surface area contributed by atoms with Crippen molar-refractivity contribution < 1.29 is 14.6 Å². The zero-order valence-electron chi connectivity index (χ0n) is 11.3. The van der Waals surface area contributed by atoms with Crippen LogP contribution in [0.4, 0.5) is 0 Å². The summed E-state index contributed by atoms with van der Waals surface area (Å²) < 4.78 is 5.23. The van der Waals surface area contributed by atoms with Crippen molar-refractivity contribution in [2.75, 3.05) is 7.11 Å². The van der Waals surface area contributed by atoms with Gasteiger partial charge in [-0.15, -0.1) is 0 Å². The molecular weight excluding hydrogens is 244 g/mol. The second-order valence-electron chi connectivity index (χ2n) is 5.03. The average Bonchev–Trinajstić information content (AvgIpc) is 2.41. The summed E-state index contributed by atoms with van der Waals surface area (Å²) in [6, 6.07) is 1.53. The highest BCUT2D eigenvalue weighted by Crippen LogP contribution is 2.21. The molecule has 0 unspecified atom stereocenters. The first-order valence-corrected chi connectivity index (χ1v) is 6.55. The molecule has 2 rings (SSSR count). The zero-order valence-corrected chi connectivity index (χ0v) is 11.3. The third-order valence-electron chi connectivity index (χ3n) is 3.55. The maximum atomic E-state index is 12.1. The number of aliphatic hydroxyl groups is 1. The van der Waals surface area contributed by atoms with Crippen LogP contribution >= 0.6 is 0 Å². The molecule has 0 spiro atoms. The lowest BCUT2D eigenvalue weighted by molar-refractivity contribution is -0.0513. The molecule has 1 aromatic rings. The summed E-state index contributed by atoms with van der Waals surface area (Å²) in [5.74, 6) is -0.197. The molecule has 1 saturated carbocycles. The van der Waals surface area contributed by atoms with Gasteiger partial charge in [0.25, 0.3) is 5.91 Å². The Morgan fingerprint density at radius 1 is 1.47 bits per heavy atom. The Labute approximate surface area is 113 Å². The van der Waals surface area contributed by atoms with Gasteiger partial charge in [0.05, 0.1) is 17.7 Å². The monoisotopic (exact) mass is 264 g/mol. The fourth-order valence-corrected chi connectivity index (χ4v) is 2.49. The van der Waals surface area contributed by atoms with E-state index in [0.29, 0.717) is 5.56 Å². The molecule has 1 aliphatic carbocycles. The quantitative estimate of drug-likeness (QED) is 0.856. The normalized spacial score (nSPS) is 27.0. The van der Waals surface area contributed by atoms with Crippen LogP contribution in [0.3, 0.4) is 0 Å². The second kappa shape index (κ2) is 6.12. The first-order chi connectivity index (χ1) is 9.11. The van der Waals surface area contributed by atoms with Crippen molar-refractivity contribution in [3.05, 3.63) is 29.6 Å². The van der Waals surface area contributed by atoms with Gasteiger partial charge in [-0.3, -0.25) is 9.78 Å². The number of hydrogen-bond acceptors (Lipinski definition) is 4. The van der Waals surface area contributed by atoms with E-state index in [1.807, 2.05) is 6.92 Å². The molecule has 0 aliphatic heterocycles. The van der Waals surface area contributed by atoms with Gasteiger partial charge in [-0.2, -0.15) is 0 Å². The number of rotatable bonds is 3. The van der Waals surface area contributed by atoms with Gasteiger partial charge >= 0.3 is 0 Å². The van der Waals surface area contributed by atoms with Gasteiger partial charge in [0.15, 0.2) is 0 Å². The van der Waals surface area contributed by atoms with Gasteiger partial charge in [0, 0.05) is 19.5 Å². The Hall–Kier alpha value is -1.46. The Balaban J connectivity index is 2.02. The smallest absolute Gasteiger partial charge is 0.253 e. The fourth-order valence-electron chi connectivity index (χ4n) is 2.49. The van der Waals surface area contributed by atoms with Crippen LogP contribution in [0, 0.1) is 6.92 Å². The first-order valence-electron chi connectivity index (χ1n) is 6.55. The molecule has 0 bridgehead atoms. The maximum Gasteiger partial charge on any atom is 0.253 e. The standard InChI is InChI=1S/C14H20N2O3/c1-9-6-10(8-15-7-9)14(18)16-11-4-3-5-12(19-2)13(11)17/h6-8,11-13,17H,3-5H2,1-2H3,(H,16,18)/t11-,12-,13-/m1/s1. The van der Waals surface area contributed by atoms with E-state index < -0.39 is 6.10 Å². The highest BCUT2D eigenvalue weighted by atomic mass is 16.5. The minimum atomic E-state index is -0.652. The molecule has 0 saturated heterocycles. The summed E-state index contributed by atoms with van der Waals surface area (Å²) >= 11 is 0. The van der Waals surface area contributed by atoms with Crippen molar-refractivity contribution in [1.82, 2.24) is 10.3 Å². The molecule has 0 aromatic carbocycles. The van der Waals surface area contributed by atoms with E-state index in [9.17, 15) is 9.90 Å². The largest absolute Gasteiger partial charge is 0.388 e. The molecule has 3 atom stereocenters. The molecule has 5 heteroatoms. The van der Waals surface area contributed by atoms with Gasteiger partial charge in [-0.1, -0.05) is 0 Å². The molecule has 2 N–H and O–H groups in total.